The number of carboxylic acid groups (broad SMARTS) is 1. The van der Waals surface area contributed by atoms with Gasteiger partial charge in [-0.3, -0.25) is 0 Å². The summed E-state index contributed by atoms with van der Waals surface area (Å²) >= 11 is 0. The Morgan fingerprint density at radius 3 is 2.25 bits per heavy atom. The zero-order valence-corrected chi connectivity index (χ0v) is 15.2. The molecule has 28 heavy (non-hydrogen) atoms. The van der Waals surface area contributed by atoms with Gasteiger partial charge in [0.05, 0.1) is 12.3 Å². The second-order valence-corrected chi connectivity index (χ2v) is 6.61. The van der Waals surface area contributed by atoms with Crippen molar-refractivity contribution in [1.29, 1.82) is 0 Å². The highest BCUT2D eigenvalue weighted by atomic mass is 16.5. The predicted molar refractivity (Wildman–Crippen MR) is 108 cm³/mol. The summed E-state index contributed by atoms with van der Waals surface area (Å²) in [6, 6.07) is 27.5. The quantitative estimate of drug-likeness (QED) is 0.703. The van der Waals surface area contributed by atoms with Crippen LogP contribution in [-0.4, -0.2) is 28.5 Å². The Hall–Kier alpha value is -3.60. The number of carbonyl (C=O) groups is 1. The topological polar surface area (TPSA) is 62.1 Å². The van der Waals surface area contributed by atoms with Gasteiger partial charge in [-0.25, -0.2) is 4.79 Å². The number of rotatable bonds is 5. The average Bonchev–Trinajstić information content (AvgIpc) is 3.20. The van der Waals surface area contributed by atoms with Gasteiger partial charge in [-0.1, -0.05) is 60.7 Å². The lowest BCUT2D eigenvalue weighted by Gasteiger charge is -2.14. The van der Waals surface area contributed by atoms with E-state index in [0.29, 0.717) is 13.2 Å². The van der Waals surface area contributed by atoms with Crippen molar-refractivity contribution < 1.29 is 14.6 Å². The van der Waals surface area contributed by atoms with Crippen molar-refractivity contribution in [2.75, 3.05) is 6.54 Å². The number of hydrogen-bond donors (Lipinski definition) is 1. The smallest absolute Gasteiger partial charge is 0.427 e. The molecular weight excluding hydrogens is 352 g/mol. The molecule has 1 aliphatic heterocycles. The highest BCUT2D eigenvalue weighted by Crippen LogP contribution is 2.29. The molecule has 1 aliphatic rings. The molecule has 5 nitrogen and oxygen atoms in total. The van der Waals surface area contributed by atoms with Gasteiger partial charge in [0.25, 0.3) is 0 Å². The summed E-state index contributed by atoms with van der Waals surface area (Å²) in [5.41, 5.74) is 3.80. The van der Waals surface area contributed by atoms with Crippen LogP contribution in [0.1, 0.15) is 22.6 Å². The lowest BCUT2D eigenvalue weighted by Crippen LogP contribution is -2.23. The molecule has 0 aliphatic carbocycles. The van der Waals surface area contributed by atoms with Crippen LogP contribution in [0.4, 0.5) is 4.79 Å². The summed E-state index contributed by atoms with van der Waals surface area (Å²) < 4.78 is 5.84. The molecule has 0 spiro atoms. The molecule has 0 fully saturated rings. The number of ether oxygens (including phenoxy) is 1. The predicted octanol–water partition coefficient (Wildman–Crippen LogP) is 4.75. The zero-order valence-electron chi connectivity index (χ0n) is 15.2. The van der Waals surface area contributed by atoms with E-state index in [4.69, 9.17) is 4.74 Å². The maximum atomic E-state index is 11.4. The summed E-state index contributed by atoms with van der Waals surface area (Å²) in [4.78, 5) is 11.4. The van der Waals surface area contributed by atoms with Crippen LogP contribution in [0.5, 0.6) is 5.75 Å². The molecule has 3 aromatic carbocycles. The second kappa shape index (κ2) is 7.96. The van der Waals surface area contributed by atoms with Gasteiger partial charge in [0.15, 0.2) is 0 Å². The van der Waals surface area contributed by atoms with Crippen LogP contribution >= 0.6 is 0 Å². The van der Waals surface area contributed by atoms with E-state index in [2.05, 4.69) is 5.10 Å². The molecule has 1 unspecified atom stereocenters. The molecule has 5 heteroatoms. The monoisotopic (exact) mass is 372 g/mol. The highest BCUT2D eigenvalue weighted by Gasteiger charge is 2.32. The van der Waals surface area contributed by atoms with Crippen LogP contribution in [0, 0.1) is 0 Å². The van der Waals surface area contributed by atoms with Crippen molar-refractivity contribution in [3.8, 4) is 5.75 Å². The normalized spacial score (nSPS) is 15.9. The van der Waals surface area contributed by atoms with E-state index >= 15 is 0 Å². The van der Waals surface area contributed by atoms with Gasteiger partial charge < -0.3 is 9.84 Å². The van der Waals surface area contributed by atoms with Crippen molar-refractivity contribution >= 4 is 11.8 Å². The number of hydrogen-bond acceptors (Lipinski definition) is 3. The molecule has 0 saturated heterocycles. The fourth-order valence-corrected chi connectivity index (χ4v) is 3.29. The molecule has 1 N–H and O–H groups in total. The van der Waals surface area contributed by atoms with Crippen LogP contribution < -0.4 is 4.74 Å². The highest BCUT2D eigenvalue weighted by molar-refractivity contribution is 6.07. The van der Waals surface area contributed by atoms with Crippen LogP contribution in [0.2, 0.25) is 0 Å². The third kappa shape index (κ3) is 3.88. The van der Waals surface area contributed by atoms with Gasteiger partial charge in [-0.2, -0.15) is 10.1 Å². The lowest BCUT2D eigenvalue weighted by atomic mass is 9.90. The Morgan fingerprint density at radius 2 is 1.61 bits per heavy atom. The minimum absolute atomic E-state index is 0.0895. The fraction of sp³-hybridized carbons (Fsp3) is 0.130. The Kier molecular flexibility index (Phi) is 5.06. The van der Waals surface area contributed by atoms with E-state index in [0.717, 1.165) is 33.2 Å². The van der Waals surface area contributed by atoms with Gasteiger partial charge in [-0.05, 0) is 41.0 Å². The molecule has 4 rings (SSSR count). The Morgan fingerprint density at radius 1 is 0.964 bits per heavy atom. The first kappa shape index (κ1) is 17.8. The zero-order chi connectivity index (χ0) is 19.3. The molecule has 140 valence electrons. The first-order valence-electron chi connectivity index (χ1n) is 9.12. The summed E-state index contributed by atoms with van der Waals surface area (Å²) in [6.45, 7) is 0.821. The Balaban J connectivity index is 1.54. The number of nitrogens with zero attached hydrogens (tertiary/aromatic N) is 2. The van der Waals surface area contributed by atoms with E-state index in [9.17, 15) is 9.90 Å². The second-order valence-electron chi connectivity index (χ2n) is 6.61. The molecule has 0 saturated carbocycles. The summed E-state index contributed by atoms with van der Waals surface area (Å²) in [7, 11) is 0. The minimum Gasteiger partial charge on any atom is -0.489 e. The maximum absolute atomic E-state index is 11.4. The van der Waals surface area contributed by atoms with Crippen LogP contribution in [0.3, 0.4) is 0 Å². The molecule has 3 aromatic rings. The fourth-order valence-electron chi connectivity index (χ4n) is 3.29. The van der Waals surface area contributed by atoms with E-state index in [1.165, 1.54) is 0 Å². The maximum Gasteiger partial charge on any atom is 0.427 e. The van der Waals surface area contributed by atoms with Crippen molar-refractivity contribution in [3.05, 3.63) is 102 Å². The first-order valence-corrected chi connectivity index (χ1v) is 9.12. The molecule has 0 aromatic heterocycles. The van der Waals surface area contributed by atoms with Crippen LogP contribution in [-0.2, 0) is 6.61 Å². The Labute approximate surface area is 163 Å². The molecule has 1 amide bonds. The largest absolute Gasteiger partial charge is 0.489 e. The van der Waals surface area contributed by atoms with E-state index < -0.39 is 6.09 Å². The minimum atomic E-state index is -1.04. The van der Waals surface area contributed by atoms with Gasteiger partial charge >= 0.3 is 6.09 Å². The van der Waals surface area contributed by atoms with Crippen molar-refractivity contribution in [2.45, 2.75) is 12.5 Å². The van der Waals surface area contributed by atoms with Crippen molar-refractivity contribution in [2.24, 2.45) is 5.10 Å². The molecule has 0 radical (unpaired) electrons. The van der Waals surface area contributed by atoms with Gasteiger partial charge in [-0.15, -0.1) is 0 Å². The van der Waals surface area contributed by atoms with Gasteiger partial charge in [0.1, 0.15) is 12.4 Å². The molecular formula is C23H20N2O3. The van der Waals surface area contributed by atoms with Crippen molar-refractivity contribution in [3.63, 3.8) is 0 Å². The number of amides is 1. The molecule has 1 atom stereocenters. The van der Waals surface area contributed by atoms with E-state index in [1.54, 1.807) is 0 Å². The van der Waals surface area contributed by atoms with Crippen LogP contribution in [0.15, 0.2) is 90.0 Å². The molecule has 0 bridgehead atoms. The standard InChI is InChI=1S/C23H20N2O3/c26-23(27)25-15-21(18-9-5-2-6-10-18)22(24-25)19-11-13-20(14-12-19)28-16-17-7-3-1-4-8-17/h1-14,21H,15-16H2,(H,26,27). The molecule has 1 heterocycles. The van der Waals surface area contributed by atoms with Crippen LogP contribution in [0.25, 0.3) is 0 Å². The summed E-state index contributed by atoms with van der Waals surface area (Å²) in [5.74, 6) is 0.672. The summed E-state index contributed by atoms with van der Waals surface area (Å²) in [6.07, 6.45) is -1.04. The average molecular weight is 372 g/mol. The first-order chi connectivity index (χ1) is 13.7. The number of benzene rings is 3. The lowest BCUT2D eigenvalue weighted by molar-refractivity contribution is 0.151. The Bertz CT molecular complexity index is 970. The summed E-state index contributed by atoms with van der Waals surface area (Å²) in [5, 5.41) is 14.8. The number of hydrazone groups is 1. The third-order valence-corrected chi connectivity index (χ3v) is 4.74. The SMILES string of the molecule is O=C(O)N1CC(c2ccccc2)C(c2ccc(OCc3ccccc3)cc2)=N1. The van der Waals surface area contributed by atoms with Gasteiger partial charge in [0.2, 0.25) is 0 Å². The van der Waals surface area contributed by atoms with E-state index in [1.807, 2.05) is 84.9 Å². The van der Waals surface area contributed by atoms with E-state index in [-0.39, 0.29) is 5.92 Å². The van der Waals surface area contributed by atoms with Crippen molar-refractivity contribution in [1.82, 2.24) is 5.01 Å². The van der Waals surface area contributed by atoms with Gasteiger partial charge in [0, 0.05) is 5.92 Å². The third-order valence-electron chi connectivity index (χ3n) is 4.74.